The van der Waals surface area contributed by atoms with Gasteiger partial charge in [0, 0.05) is 52.5 Å². The third-order valence-corrected chi connectivity index (χ3v) is 2.64. The van der Waals surface area contributed by atoms with Crippen molar-refractivity contribution < 1.29 is 9.47 Å². The van der Waals surface area contributed by atoms with Crippen LogP contribution in [-0.2, 0) is 9.47 Å². The lowest BCUT2D eigenvalue weighted by Gasteiger charge is -2.31. The lowest BCUT2D eigenvalue weighted by Crippen LogP contribution is -2.49. The molecule has 15 heavy (non-hydrogen) atoms. The highest BCUT2D eigenvalue weighted by Crippen LogP contribution is 1.97. The van der Waals surface area contributed by atoms with Gasteiger partial charge in [0.2, 0.25) is 0 Å². The molecule has 1 saturated heterocycles. The van der Waals surface area contributed by atoms with Gasteiger partial charge >= 0.3 is 0 Å². The fourth-order valence-electron chi connectivity index (χ4n) is 1.82. The maximum atomic E-state index is 5.53. The third kappa shape index (κ3) is 6.10. The molecule has 0 spiro atoms. The minimum Gasteiger partial charge on any atom is -0.385 e. The minimum absolute atomic E-state index is 0.618. The van der Waals surface area contributed by atoms with Crippen molar-refractivity contribution in [3.63, 3.8) is 0 Å². The average molecular weight is 216 g/mol. The lowest BCUT2D eigenvalue weighted by atomic mass is 10.2. The summed E-state index contributed by atoms with van der Waals surface area (Å²) in [6.07, 6.45) is 0.995. The Hall–Kier alpha value is -0.160. The number of piperazine rings is 1. The summed E-state index contributed by atoms with van der Waals surface area (Å²) in [6, 6.07) is 0.618. The normalized spacial score (nSPS) is 23.2. The molecule has 0 aromatic carbocycles. The summed E-state index contributed by atoms with van der Waals surface area (Å²) in [7, 11) is 1.72. The van der Waals surface area contributed by atoms with Crippen LogP contribution in [0.4, 0.5) is 0 Å². The van der Waals surface area contributed by atoms with Crippen LogP contribution >= 0.6 is 0 Å². The number of ether oxygens (including phenoxy) is 2. The van der Waals surface area contributed by atoms with Crippen molar-refractivity contribution in [2.24, 2.45) is 0 Å². The molecule has 1 heterocycles. The average Bonchev–Trinajstić information content (AvgIpc) is 2.23. The van der Waals surface area contributed by atoms with E-state index in [-0.39, 0.29) is 0 Å². The van der Waals surface area contributed by atoms with Crippen LogP contribution in [0, 0.1) is 0 Å². The Bertz CT molecular complexity index is 156. The second-order valence-electron chi connectivity index (χ2n) is 4.11. The van der Waals surface area contributed by atoms with E-state index in [4.69, 9.17) is 9.47 Å². The first kappa shape index (κ1) is 12.9. The summed E-state index contributed by atoms with van der Waals surface area (Å²) in [5, 5.41) is 3.43. The van der Waals surface area contributed by atoms with Crippen molar-refractivity contribution in [1.29, 1.82) is 0 Å². The predicted molar refractivity (Wildman–Crippen MR) is 61.2 cm³/mol. The smallest absolute Gasteiger partial charge is 0.0593 e. The van der Waals surface area contributed by atoms with Gasteiger partial charge in [0.25, 0.3) is 0 Å². The zero-order valence-corrected chi connectivity index (χ0v) is 10.00. The summed E-state index contributed by atoms with van der Waals surface area (Å²) in [4.78, 5) is 2.46. The van der Waals surface area contributed by atoms with E-state index in [1.54, 1.807) is 7.11 Å². The standard InChI is InChI=1S/C11H24N2O2/c1-11-10-13(5-4-12-11)6-9-15-8-3-7-14-2/h11-12H,3-10H2,1-2H3/t11-/m0/s1. The van der Waals surface area contributed by atoms with Crippen molar-refractivity contribution in [2.75, 3.05) is 53.1 Å². The molecule has 0 aromatic rings. The van der Waals surface area contributed by atoms with Crippen molar-refractivity contribution in [2.45, 2.75) is 19.4 Å². The van der Waals surface area contributed by atoms with Gasteiger partial charge in [-0.1, -0.05) is 0 Å². The molecule has 1 aliphatic rings. The van der Waals surface area contributed by atoms with Crippen LogP contribution in [0.25, 0.3) is 0 Å². The number of hydrogen-bond donors (Lipinski definition) is 1. The first-order valence-electron chi connectivity index (χ1n) is 5.85. The number of nitrogens with zero attached hydrogens (tertiary/aromatic N) is 1. The van der Waals surface area contributed by atoms with Crippen LogP contribution in [0.2, 0.25) is 0 Å². The van der Waals surface area contributed by atoms with E-state index < -0.39 is 0 Å². The Balaban J connectivity index is 1.90. The summed E-state index contributed by atoms with van der Waals surface area (Å²) >= 11 is 0. The number of rotatable bonds is 7. The zero-order valence-electron chi connectivity index (χ0n) is 10.00. The molecule has 1 aliphatic heterocycles. The Morgan fingerprint density at radius 2 is 2.20 bits per heavy atom. The van der Waals surface area contributed by atoms with Crippen molar-refractivity contribution in [1.82, 2.24) is 10.2 Å². The number of hydrogen-bond acceptors (Lipinski definition) is 4. The van der Waals surface area contributed by atoms with Crippen LogP contribution in [-0.4, -0.2) is 64.1 Å². The second kappa shape index (κ2) is 8.05. The molecule has 1 atom stereocenters. The fourth-order valence-corrected chi connectivity index (χ4v) is 1.82. The Morgan fingerprint density at radius 3 is 2.93 bits per heavy atom. The monoisotopic (exact) mass is 216 g/mol. The molecular formula is C11H24N2O2. The van der Waals surface area contributed by atoms with Crippen molar-refractivity contribution in [3.8, 4) is 0 Å². The molecule has 0 amide bonds. The molecule has 0 aromatic heterocycles. The molecule has 0 bridgehead atoms. The first-order chi connectivity index (χ1) is 7.33. The predicted octanol–water partition coefficient (Wildman–Crippen LogP) is 0.333. The molecule has 1 rings (SSSR count). The van der Waals surface area contributed by atoms with Gasteiger partial charge in [-0.2, -0.15) is 0 Å². The lowest BCUT2D eigenvalue weighted by molar-refractivity contribution is 0.0769. The van der Waals surface area contributed by atoms with Gasteiger partial charge in [-0.25, -0.2) is 0 Å². The molecule has 0 unspecified atom stereocenters. The SMILES string of the molecule is COCCCOCCN1CCN[C@@H](C)C1. The van der Waals surface area contributed by atoms with E-state index in [2.05, 4.69) is 17.1 Å². The molecule has 90 valence electrons. The van der Waals surface area contributed by atoms with Crippen molar-refractivity contribution >= 4 is 0 Å². The van der Waals surface area contributed by atoms with Gasteiger partial charge in [0.1, 0.15) is 0 Å². The van der Waals surface area contributed by atoms with E-state index in [9.17, 15) is 0 Å². The molecule has 4 heteroatoms. The minimum atomic E-state index is 0.618. The van der Waals surface area contributed by atoms with E-state index in [1.165, 1.54) is 0 Å². The molecule has 1 fully saturated rings. The maximum Gasteiger partial charge on any atom is 0.0593 e. The Kier molecular flexibility index (Phi) is 6.92. The van der Waals surface area contributed by atoms with Crippen LogP contribution in [0.5, 0.6) is 0 Å². The number of nitrogens with one attached hydrogen (secondary N) is 1. The third-order valence-electron chi connectivity index (χ3n) is 2.64. The Labute approximate surface area is 92.9 Å². The molecule has 0 radical (unpaired) electrons. The molecule has 0 aliphatic carbocycles. The quantitative estimate of drug-likeness (QED) is 0.622. The fraction of sp³-hybridized carbons (Fsp3) is 1.00. The van der Waals surface area contributed by atoms with Crippen LogP contribution in [0.15, 0.2) is 0 Å². The first-order valence-corrected chi connectivity index (χ1v) is 5.85. The summed E-state index contributed by atoms with van der Waals surface area (Å²) in [6.45, 7) is 9.12. The molecule has 0 saturated carbocycles. The highest BCUT2D eigenvalue weighted by molar-refractivity contribution is 4.74. The largest absolute Gasteiger partial charge is 0.385 e. The highest BCUT2D eigenvalue weighted by Gasteiger charge is 2.14. The van der Waals surface area contributed by atoms with Crippen LogP contribution < -0.4 is 5.32 Å². The van der Waals surface area contributed by atoms with Gasteiger partial charge in [0.15, 0.2) is 0 Å². The van der Waals surface area contributed by atoms with Crippen LogP contribution in [0.3, 0.4) is 0 Å². The van der Waals surface area contributed by atoms with E-state index in [0.29, 0.717) is 6.04 Å². The van der Waals surface area contributed by atoms with Gasteiger partial charge < -0.3 is 14.8 Å². The van der Waals surface area contributed by atoms with Crippen molar-refractivity contribution in [3.05, 3.63) is 0 Å². The topological polar surface area (TPSA) is 33.7 Å². The van der Waals surface area contributed by atoms with E-state index >= 15 is 0 Å². The van der Waals surface area contributed by atoms with Gasteiger partial charge in [-0.15, -0.1) is 0 Å². The summed E-state index contributed by atoms with van der Waals surface area (Å²) in [5.74, 6) is 0. The van der Waals surface area contributed by atoms with E-state index in [1.807, 2.05) is 0 Å². The zero-order chi connectivity index (χ0) is 10.9. The second-order valence-corrected chi connectivity index (χ2v) is 4.11. The Morgan fingerprint density at radius 1 is 1.33 bits per heavy atom. The van der Waals surface area contributed by atoms with Gasteiger partial charge in [-0.05, 0) is 13.3 Å². The number of methoxy groups -OCH3 is 1. The highest BCUT2D eigenvalue weighted by atomic mass is 16.5. The van der Waals surface area contributed by atoms with Gasteiger partial charge in [-0.3, -0.25) is 4.90 Å². The summed E-state index contributed by atoms with van der Waals surface area (Å²) < 4.78 is 10.5. The van der Waals surface area contributed by atoms with E-state index in [0.717, 1.165) is 52.4 Å². The van der Waals surface area contributed by atoms with Crippen LogP contribution in [0.1, 0.15) is 13.3 Å². The van der Waals surface area contributed by atoms with Gasteiger partial charge in [0.05, 0.1) is 6.61 Å². The maximum absolute atomic E-state index is 5.53. The summed E-state index contributed by atoms with van der Waals surface area (Å²) in [5.41, 5.74) is 0. The molecule has 4 nitrogen and oxygen atoms in total. The molecule has 1 N–H and O–H groups in total. The molecular weight excluding hydrogens is 192 g/mol.